The summed E-state index contributed by atoms with van der Waals surface area (Å²) in [6, 6.07) is 5.66. The van der Waals surface area contributed by atoms with Gasteiger partial charge < -0.3 is 9.26 Å². The van der Waals surface area contributed by atoms with E-state index in [9.17, 15) is 4.79 Å². The Balaban J connectivity index is 2.20. The predicted molar refractivity (Wildman–Crippen MR) is 74.6 cm³/mol. The molecule has 0 bridgehead atoms. The Kier molecular flexibility index (Phi) is 4.17. The molecular weight excluding hydrogens is 256 g/mol. The van der Waals surface area contributed by atoms with Crippen molar-refractivity contribution in [3.8, 4) is 17.1 Å². The average Bonchev–Trinajstić information content (AvgIpc) is 2.87. The molecule has 1 heterocycles. The third-order valence-corrected chi connectivity index (χ3v) is 3.09. The van der Waals surface area contributed by atoms with E-state index in [0.717, 1.165) is 16.9 Å². The molecule has 0 saturated carbocycles. The lowest BCUT2D eigenvalue weighted by atomic mass is 10.1. The number of methoxy groups -OCH3 is 1. The van der Waals surface area contributed by atoms with Gasteiger partial charge in [0.25, 0.3) is 0 Å². The van der Waals surface area contributed by atoms with E-state index in [2.05, 4.69) is 10.1 Å². The van der Waals surface area contributed by atoms with Crippen LogP contribution < -0.4 is 4.74 Å². The summed E-state index contributed by atoms with van der Waals surface area (Å²) in [5, 5.41) is 3.92. The molecule has 0 spiro atoms. The highest BCUT2D eigenvalue weighted by Gasteiger charge is 2.15. The van der Waals surface area contributed by atoms with Crippen LogP contribution in [0.25, 0.3) is 11.4 Å². The number of hydrogen-bond acceptors (Lipinski definition) is 5. The summed E-state index contributed by atoms with van der Waals surface area (Å²) < 4.78 is 10.3. The lowest BCUT2D eigenvalue weighted by Gasteiger charge is -2.04. The van der Waals surface area contributed by atoms with Crippen LogP contribution in [0.2, 0.25) is 0 Å². The Morgan fingerprint density at radius 1 is 1.40 bits per heavy atom. The van der Waals surface area contributed by atoms with E-state index < -0.39 is 0 Å². The number of benzene rings is 1. The van der Waals surface area contributed by atoms with Gasteiger partial charge in [-0.1, -0.05) is 19.0 Å². The first-order valence-corrected chi connectivity index (χ1v) is 6.51. The van der Waals surface area contributed by atoms with Crippen molar-refractivity contribution in [2.75, 3.05) is 7.11 Å². The standard InChI is InChI=1S/C15H18N2O3/c1-9(2)12(18)8-14-16-15(17-20-14)11-5-6-13(19-4)10(3)7-11/h5-7,9H,8H2,1-4H3. The number of aryl methyl sites for hydroxylation is 1. The smallest absolute Gasteiger partial charge is 0.234 e. The second-order valence-electron chi connectivity index (χ2n) is 4.99. The van der Waals surface area contributed by atoms with Crippen molar-refractivity contribution in [1.82, 2.24) is 10.1 Å². The van der Waals surface area contributed by atoms with Gasteiger partial charge in [0.05, 0.1) is 13.5 Å². The van der Waals surface area contributed by atoms with E-state index in [-0.39, 0.29) is 18.1 Å². The SMILES string of the molecule is COc1ccc(-c2noc(CC(=O)C(C)C)n2)cc1C. The largest absolute Gasteiger partial charge is 0.496 e. The van der Waals surface area contributed by atoms with Crippen molar-refractivity contribution in [2.24, 2.45) is 5.92 Å². The van der Waals surface area contributed by atoms with E-state index in [1.165, 1.54) is 0 Å². The fourth-order valence-corrected chi connectivity index (χ4v) is 1.81. The van der Waals surface area contributed by atoms with Crippen LogP contribution in [0.4, 0.5) is 0 Å². The molecule has 0 aliphatic heterocycles. The minimum atomic E-state index is -0.0337. The molecule has 0 radical (unpaired) electrons. The van der Waals surface area contributed by atoms with Crippen molar-refractivity contribution in [2.45, 2.75) is 27.2 Å². The molecule has 0 N–H and O–H groups in total. The molecule has 2 rings (SSSR count). The molecular formula is C15H18N2O3. The van der Waals surface area contributed by atoms with Crippen LogP contribution in [-0.2, 0) is 11.2 Å². The van der Waals surface area contributed by atoms with Crippen molar-refractivity contribution < 1.29 is 14.1 Å². The summed E-state index contributed by atoms with van der Waals surface area (Å²) in [6.07, 6.45) is 0.180. The van der Waals surface area contributed by atoms with E-state index >= 15 is 0 Å². The minimum absolute atomic E-state index is 0.0337. The quantitative estimate of drug-likeness (QED) is 0.838. The Bertz CT molecular complexity index is 617. The summed E-state index contributed by atoms with van der Waals surface area (Å²) in [5.74, 6) is 1.71. The van der Waals surface area contributed by atoms with Crippen LogP contribution in [0, 0.1) is 12.8 Å². The first kappa shape index (κ1) is 14.2. The molecule has 0 atom stereocenters. The van der Waals surface area contributed by atoms with Gasteiger partial charge >= 0.3 is 0 Å². The van der Waals surface area contributed by atoms with Crippen LogP contribution in [0.3, 0.4) is 0 Å². The van der Waals surface area contributed by atoms with Gasteiger partial charge in [-0.15, -0.1) is 0 Å². The Hall–Kier alpha value is -2.17. The minimum Gasteiger partial charge on any atom is -0.496 e. The van der Waals surface area contributed by atoms with Gasteiger partial charge in [0.2, 0.25) is 11.7 Å². The number of nitrogens with zero attached hydrogens (tertiary/aromatic N) is 2. The number of aromatic nitrogens is 2. The number of hydrogen-bond donors (Lipinski definition) is 0. The van der Waals surface area contributed by atoms with Crippen molar-refractivity contribution in [1.29, 1.82) is 0 Å². The first-order valence-electron chi connectivity index (χ1n) is 6.51. The van der Waals surface area contributed by atoms with E-state index in [0.29, 0.717) is 11.7 Å². The Morgan fingerprint density at radius 3 is 2.75 bits per heavy atom. The number of ether oxygens (including phenoxy) is 1. The van der Waals surface area contributed by atoms with Crippen molar-refractivity contribution in [3.05, 3.63) is 29.7 Å². The maximum atomic E-state index is 11.7. The topological polar surface area (TPSA) is 65.2 Å². The van der Waals surface area contributed by atoms with Gasteiger partial charge in [-0.05, 0) is 30.7 Å². The molecule has 106 valence electrons. The highest BCUT2D eigenvalue weighted by Crippen LogP contribution is 2.24. The summed E-state index contributed by atoms with van der Waals surface area (Å²) in [4.78, 5) is 15.9. The maximum Gasteiger partial charge on any atom is 0.234 e. The zero-order valence-electron chi connectivity index (χ0n) is 12.1. The van der Waals surface area contributed by atoms with Gasteiger partial charge in [-0.2, -0.15) is 4.98 Å². The molecule has 5 nitrogen and oxygen atoms in total. The molecule has 0 aliphatic rings. The average molecular weight is 274 g/mol. The third-order valence-electron chi connectivity index (χ3n) is 3.09. The van der Waals surface area contributed by atoms with Crippen LogP contribution in [0.1, 0.15) is 25.3 Å². The summed E-state index contributed by atoms with van der Waals surface area (Å²) in [6.45, 7) is 5.66. The normalized spacial score (nSPS) is 10.8. The van der Waals surface area contributed by atoms with Crippen LogP contribution in [0.5, 0.6) is 5.75 Å². The van der Waals surface area contributed by atoms with Gasteiger partial charge in [0, 0.05) is 11.5 Å². The van der Waals surface area contributed by atoms with Crippen LogP contribution in [-0.4, -0.2) is 23.0 Å². The van der Waals surface area contributed by atoms with Crippen LogP contribution in [0.15, 0.2) is 22.7 Å². The molecule has 0 unspecified atom stereocenters. The molecule has 0 saturated heterocycles. The monoisotopic (exact) mass is 274 g/mol. The molecule has 20 heavy (non-hydrogen) atoms. The summed E-state index contributed by atoms with van der Waals surface area (Å²) >= 11 is 0. The highest BCUT2D eigenvalue weighted by molar-refractivity contribution is 5.81. The van der Waals surface area contributed by atoms with E-state index in [1.807, 2.05) is 39.0 Å². The lowest BCUT2D eigenvalue weighted by molar-refractivity contribution is -0.121. The molecule has 1 aromatic heterocycles. The molecule has 1 aromatic carbocycles. The number of carbonyl (C=O) groups excluding carboxylic acids is 1. The van der Waals surface area contributed by atoms with Gasteiger partial charge in [0.15, 0.2) is 0 Å². The molecule has 0 aliphatic carbocycles. The van der Waals surface area contributed by atoms with Crippen molar-refractivity contribution >= 4 is 5.78 Å². The van der Waals surface area contributed by atoms with E-state index in [4.69, 9.17) is 9.26 Å². The number of rotatable bonds is 5. The third kappa shape index (κ3) is 3.04. The second-order valence-corrected chi connectivity index (χ2v) is 4.99. The highest BCUT2D eigenvalue weighted by atomic mass is 16.5. The predicted octanol–water partition coefficient (Wildman–Crippen LogP) is 2.82. The molecule has 2 aromatic rings. The van der Waals surface area contributed by atoms with Gasteiger partial charge in [-0.3, -0.25) is 4.79 Å². The van der Waals surface area contributed by atoms with Gasteiger partial charge in [0.1, 0.15) is 11.5 Å². The maximum absolute atomic E-state index is 11.7. The number of Topliss-reactive ketones (excluding diaryl/α,β-unsaturated/α-hetero) is 1. The number of ketones is 1. The second kappa shape index (κ2) is 5.86. The molecule has 5 heteroatoms. The van der Waals surface area contributed by atoms with E-state index in [1.54, 1.807) is 7.11 Å². The Morgan fingerprint density at radius 2 is 2.15 bits per heavy atom. The zero-order valence-corrected chi connectivity index (χ0v) is 12.1. The van der Waals surface area contributed by atoms with Crippen LogP contribution >= 0.6 is 0 Å². The lowest BCUT2D eigenvalue weighted by Crippen LogP contribution is -2.10. The summed E-state index contributed by atoms with van der Waals surface area (Å²) in [7, 11) is 1.63. The fourth-order valence-electron chi connectivity index (χ4n) is 1.81. The summed E-state index contributed by atoms with van der Waals surface area (Å²) in [5.41, 5.74) is 1.84. The Labute approximate surface area is 118 Å². The zero-order chi connectivity index (χ0) is 14.7. The molecule has 0 fully saturated rings. The number of carbonyl (C=O) groups is 1. The first-order chi connectivity index (χ1) is 9.51. The van der Waals surface area contributed by atoms with Gasteiger partial charge in [-0.25, -0.2) is 0 Å². The van der Waals surface area contributed by atoms with Crippen molar-refractivity contribution in [3.63, 3.8) is 0 Å². The molecule has 0 amide bonds. The fraction of sp³-hybridized carbons (Fsp3) is 0.400.